The SMILES string of the molecule is Nc1nc(CSc2nnnn2C2CCOCC2)nc2ccccc12. The van der Waals surface area contributed by atoms with Crippen molar-refractivity contribution < 1.29 is 4.74 Å². The van der Waals surface area contributed by atoms with E-state index in [1.807, 2.05) is 28.9 Å². The fraction of sp³-hybridized carbons (Fsp3) is 0.400. The molecule has 1 fully saturated rings. The fourth-order valence-electron chi connectivity index (χ4n) is 2.78. The van der Waals surface area contributed by atoms with Crippen molar-refractivity contribution in [3.63, 3.8) is 0 Å². The first kappa shape index (κ1) is 15.3. The number of benzene rings is 1. The second-order valence-electron chi connectivity index (χ2n) is 5.58. The van der Waals surface area contributed by atoms with E-state index in [2.05, 4.69) is 25.5 Å². The van der Waals surface area contributed by atoms with Crippen LogP contribution in [-0.2, 0) is 10.5 Å². The van der Waals surface area contributed by atoms with Crippen LogP contribution in [0.5, 0.6) is 0 Å². The van der Waals surface area contributed by atoms with Gasteiger partial charge in [0.15, 0.2) is 0 Å². The molecule has 0 bridgehead atoms. The Hall–Kier alpha value is -2.26. The summed E-state index contributed by atoms with van der Waals surface area (Å²) in [5.41, 5.74) is 6.88. The van der Waals surface area contributed by atoms with Gasteiger partial charge in [-0.15, -0.1) is 5.10 Å². The third kappa shape index (κ3) is 3.04. The van der Waals surface area contributed by atoms with E-state index in [0.717, 1.165) is 42.1 Å². The van der Waals surface area contributed by atoms with Crippen molar-refractivity contribution in [1.82, 2.24) is 30.2 Å². The number of nitrogens with zero attached hydrogens (tertiary/aromatic N) is 6. The van der Waals surface area contributed by atoms with Crippen LogP contribution in [-0.4, -0.2) is 43.4 Å². The number of aromatic nitrogens is 6. The summed E-state index contributed by atoms with van der Waals surface area (Å²) in [7, 11) is 0. The summed E-state index contributed by atoms with van der Waals surface area (Å²) in [4.78, 5) is 8.96. The van der Waals surface area contributed by atoms with Crippen LogP contribution in [0.2, 0.25) is 0 Å². The zero-order valence-electron chi connectivity index (χ0n) is 13.0. The van der Waals surface area contributed by atoms with Crippen LogP contribution in [0.15, 0.2) is 29.4 Å². The molecule has 3 heterocycles. The van der Waals surface area contributed by atoms with E-state index in [9.17, 15) is 0 Å². The van der Waals surface area contributed by atoms with Crippen molar-refractivity contribution in [3.8, 4) is 0 Å². The summed E-state index contributed by atoms with van der Waals surface area (Å²) in [6.45, 7) is 1.50. The molecule has 3 aromatic rings. The van der Waals surface area contributed by atoms with Gasteiger partial charge in [0.2, 0.25) is 5.16 Å². The van der Waals surface area contributed by atoms with Crippen molar-refractivity contribution in [1.29, 1.82) is 0 Å². The van der Waals surface area contributed by atoms with Gasteiger partial charge in [0.05, 0.1) is 17.3 Å². The van der Waals surface area contributed by atoms with Crippen LogP contribution >= 0.6 is 11.8 Å². The Bertz CT molecular complexity index is 847. The van der Waals surface area contributed by atoms with E-state index < -0.39 is 0 Å². The molecule has 1 saturated heterocycles. The van der Waals surface area contributed by atoms with Crippen molar-refractivity contribution in [2.75, 3.05) is 18.9 Å². The van der Waals surface area contributed by atoms with E-state index in [-0.39, 0.29) is 0 Å². The number of ether oxygens (including phenoxy) is 1. The third-order valence-electron chi connectivity index (χ3n) is 4.01. The molecule has 124 valence electrons. The highest BCUT2D eigenvalue weighted by Crippen LogP contribution is 2.27. The van der Waals surface area contributed by atoms with E-state index in [4.69, 9.17) is 10.5 Å². The molecule has 2 N–H and O–H groups in total. The van der Waals surface area contributed by atoms with Crippen LogP contribution in [0.25, 0.3) is 10.9 Å². The number of tetrazole rings is 1. The molecule has 0 saturated carbocycles. The van der Waals surface area contributed by atoms with Gasteiger partial charge in [0.1, 0.15) is 11.6 Å². The molecule has 8 nitrogen and oxygen atoms in total. The fourth-order valence-corrected chi connectivity index (χ4v) is 3.58. The molecule has 4 rings (SSSR count). The Balaban J connectivity index is 1.52. The summed E-state index contributed by atoms with van der Waals surface area (Å²) in [6.07, 6.45) is 1.86. The Labute approximate surface area is 142 Å². The van der Waals surface area contributed by atoms with Gasteiger partial charge in [-0.25, -0.2) is 14.6 Å². The summed E-state index contributed by atoms with van der Waals surface area (Å²) in [5.74, 6) is 1.75. The molecule has 1 aromatic carbocycles. The van der Waals surface area contributed by atoms with E-state index in [1.165, 1.54) is 11.8 Å². The lowest BCUT2D eigenvalue weighted by Crippen LogP contribution is -2.21. The normalized spacial score (nSPS) is 15.8. The topological polar surface area (TPSA) is 105 Å². The van der Waals surface area contributed by atoms with Crippen LogP contribution in [0.4, 0.5) is 5.82 Å². The van der Waals surface area contributed by atoms with E-state index in [0.29, 0.717) is 23.4 Å². The Morgan fingerprint density at radius 3 is 2.92 bits per heavy atom. The number of fused-ring (bicyclic) bond motifs is 1. The highest BCUT2D eigenvalue weighted by atomic mass is 32.2. The second-order valence-corrected chi connectivity index (χ2v) is 6.52. The smallest absolute Gasteiger partial charge is 0.210 e. The Morgan fingerprint density at radius 2 is 2.04 bits per heavy atom. The number of para-hydroxylation sites is 1. The first-order chi connectivity index (χ1) is 11.8. The zero-order valence-corrected chi connectivity index (χ0v) is 13.8. The van der Waals surface area contributed by atoms with Crippen LogP contribution < -0.4 is 5.73 Å². The standard InChI is InChI=1S/C15H17N7OS/c16-14-11-3-1-2-4-12(11)17-13(18-14)9-24-15-19-20-21-22(15)10-5-7-23-8-6-10/h1-4,10H,5-9H2,(H2,16,17,18). The van der Waals surface area contributed by atoms with Gasteiger partial charge in [-0.05, 0) is 35.4 Å². The summed E-state index contributed by atoms with van der Waals surface area (Å²) in [6, 6.07) is 8.02. The van der Waals surface area contributed by atoms with E-state index in [1.54, 1.807) is 0 Å². The predicted octanol–water partition coefficient (Wildman–Crippen LogP) is 1.84. The lowest BCUT2D eigenvalue weighted by molar-refractivity contribution is 0.0631. The molecular formula is C15H17N7OS. The molecule has 0 atom stereocenters. The molecule has 0 amide bonds. The predicted molar refractivity (Wildman–Crippen MR) is 90.4 cm³/mol. The summed E-state index contributed by atoms with van der Waals surface area (Å²) >= 11 is 1.52. The van der Waals surface area contributed by atoms with Crippen molar-refractivity contribution in [2.45, 2.75) is 29.8 Å². The molecule has 0 spiro atoms. The monoisotopic (exact) mass is 343 g/mol. The van der Waals surface area contributed by atoms with Gasteiger partial charge >= 0.3 is 0 Å². The van der Waals surface area contributed by atoms with Gasteiger partial charge < -0.3 is 10.5 Å². The highest BCUT2D eigenvalue weighted by Gasteiger charge is 2.21. The Kier molecular flexibility index (Phi) is 4.26. The number of thioether (sulfide) groups is 1. The minimum atomic E-state index is 0.291. The minimum absolute atomic E-state index is 0.291. The third-order valence-corrected chi connectivity index (χ3v) is 4.94. The van der Waals surface area contributed by atoms with Gasteiger partial charge in [-0.3, -0.25) is 0 Å². The zero-order chi connectivity index (χ0) is 16.4. The van der Waals surface area contributed by atoms with Crippen molar-refractivity contribution >= 4 is 28.5 Å². The molecule has 1 aliphatic heterocycles. The molecule has 24 heavy (non-hydrogen) atoms. The van der Waals surface area contributed by atoms with Crippen LogP contribution in [0, 0.1) is 0 Å². The number of nitrogen functional groups attached to an aromatic ring is 1. The largest absolute Gasteiger partial charge is 0.383 e. The number of hydrogen-bond donors (Lipinski definition) is 1. The molecule has 1 aliphatic rings. The molecule has 0 radical (unpaired) electrons. The lowest BCUT2D eigenvalue weighted by atomic mass is 10.1. The maximum absolute atomic E-state index is 6.03. The first-order valence-electron chi connectivity index (χ1n) is 7.81. The number of nitrogens with two attached hydrogens (primary N) is 1. The lowest BCUT2D eigenvalue weighted by Gasteiger charge is -2.22. The maximum atomic E-state index is 6.03. The molecule has 0 unspecified atom stereocenters. The average Bonchev–Trinajstić information content (AvgIpc) is 3.09. The summed E-state index contributed by atoms with van der Waals surface area (Å²) in [5, 5.41) is 13.7. The summed E-state index contributed by atoms with van der Waals surface area (Å²) < 4.78 is 7.28. The van der Waals surface area contributed by atoms with Crippen molar-refractivity contribution in [3.05, 3.63) is 30.1 Å². The quantitative estimate of drug-likeness (QED) is 0.716. The maximum Gasteiger partial charge on any atom is 0.210 e. The van der Waals surface area contributed by atoms with Gasteiger partial charge in [-0.2, -0.15) is 0 Å². The molecular weight excluding hydrogens is 326 g/mol. The number of hydrogen-bond acceptors (Lipinski definition) is 8. The number of rotatable bonds is 4. The van der Waals surface area contributed by atoms with Crippen LogP contribution in [0.3, 0.4) is 0 Å². The molecule has 0 aliphatic carbocycles. The van der Waals surface area contributed by atoms with E-state index >= 15 is 0 Å². The van der Waals surface area contributed by atoms with Crippen LogP contribution in [0.1, 0.15) is 24.7 Å². The average molecular weight is 343 g/mol. The Morgan fingerprint density at radius 1 is 1.21 bits per heavy atom. The number of anilines is 1. The molecule has 9 heteroatoms. The minimum Gasteiger partial charge on any atom is -0.383 e. The van der Waals surface area contributed by atoms with Gasteiger partial charge in [0, 0.05) is 18.6 Å². The molecule has 2 aromatic heterocycles. The first-order valence-corrected chi connectivity index (χ1v) is 8.79. The second kappa shape index (κ2) is 6.70. The highest BCUT2D eigenvalue weighted by molar-refractivity contribution is 7.98. The van der Waals surface area contributed by atoms with Gasteiger partial charge in [0.25, 0.3) is 0 Å². The van der Waals surface area contributed by atoms with Gasteiger partial charge in [-0.1, -0.05) is 23.9 Å². The van der Waals surface area contributed by atoms with Crippen molar-refractivity contribution in [2.24, 2.45) is 0 Å².